The fourth-order valence-electron chi connectivity index (χ4n) is 4.57. The molecule has 0 atom stereocenters. The topological polar surface area (TPSA) is 79.3 Å². The van der Waals surface area contributed by atoms with Gasteiger partial charge in [-0.05, 0) is 46.5 Å². The highest BCUT2D eigenvalue weighted by atomic mass is 19.4. The highest BCUT2D eigenvalue weighted by Crippen LogP contribution is 2.29. The fourth-order valence-corrected chi connectivity index (χ4v) is 4.57. The van der Waals surface area contributed by atoms with Crippen LogP contribution in [0, 0.1) is 0 Å². The number of nitrogens with zero attached hydrogens (tertiary/aromatic N) is 2. The summed E-state index contributed by atoms with van der Waals surface area (Å²) in [7, 11) is 0. The maximum Gasteiger partial charge on any atom is 0.490 e. The molecule has 0 spiro atoms. The lowest BCUT2D eigenvalue weighted by Gasteiger charge is -2.39. The maximum atomic E-state index is 12.7. The Morgan fingerprint density at radius 3 is 2.11 bits per heavy atom. The number of hydrogen-bond acceptors (Lipinski definition) is 5. The molecule has 2 aliphatic rings. The van der Waals surface area contributed by atoms with E-state index in [0.717, 1.165) is 63.0 Å². The summed E-state index contributed by atoms with van der Waals surface area (Å²) in [6, 6.07) is 19.0. The van der Waals surface area contributed by atoms with E-state index in [2.05, 4.69) is 29.2 Å². The van der Waals surface area contributed by atoms with Crippen LogP contribution in [0.1, 0.15) is 12.8 Å². The number of carboxylic acid groups (broad SMARTS) is 1. The number of alkyl halides is 3. The molecule has 0 unspecified atom stereocenters. The van der Waals surface area contributed by atoms with Crippen LogP contribution in [0.25, 0.3) is 21.5 Å². The van der Waals surface area contributed by atoms with Gasteiger partial charge in [-0.2, -0.15) is 13.2 Å². The standard InChI is InChI=1S/C24H26N2O3.C2HF3O2/c27-24(26-11-9-20(10-12-26)25-13-15-28-16-14-25)29-21-8-7-19-6-5-18-3-1-2-4-22(18)23(19)17-21;3-2(4,5)1(6)7/h1-8,17,20H,9-16H2;(H,6,7). The van der Waals surface area contributed by atoms with Gasteiger partial charge in [0.15, 0.2) is 0 Å². The van der Waals surface area contributed by atoms with E-state index in [0.29, 0.717) is 11.8 Å². The average Bonchev–Trinajstić information content (AvgIpc) is 2.89. The monoisotopic (exact) mass is 504 g/mol. The van der Waals surface area contributed by atoms with E-state index in [1.807, 2.05) is 35.2 Å². The lowest BCUT2D eigenvalue weighted by molar-refractivity contribution is -0.192. The van der Waals surface area contributed by atoms with Gasteiger partial charge in [-0.15, -0.1) is 0 Å². The Labute approximate surface area is 206 Å². The third-order valence-corrected chi connectivity index (χ3v) is 6.45. The molecule has 3 aromatic rings. The summed E-state index contributed by atoms with van der Waals surface area (Å²) in [5.41, 5.74) is 0. The summed E-state index contributed by atoms with van der Waals surface area (Å²) < 4.78 is 42.9. The van der Waals surface area contributed by atoms with Crippen molar-refractivity contribution in [1.82, 2.24) is 9.80 Å². The minimum atomic E-state index is -5.08. The maximum absolute atomic E-state index is 12.7. The molecule has 1 amide bonds. The molecule has 2 fully saturated rings. The molecule has 0 radical (unpaired) electrons. The van der Waals surface area contributed by atoms with E-state index in [9.17, 15) is 18.0 Å². The first-order valence-corrected chi connectivity index (χ1v) is 11.7. The van der Waals surface area contributed by atoms with E-state index in [1.165, 1.54) is 10.8 Å². The van der Waals surface area contributed by atoms with Gasteiger partial charge >= 0.3 is 18.2 Å². The van der Waals surface area contributed by atoms with Crippen molar-refractivity contribution < 1.29 is 37.3 Å². The van der Waals surface area contributed by atoms with Gasteiger partial charge in [0, 0.05) is 32.2 Å². The number of ether oxygens (including phenoxy) is 2. The third kappa shape index (κ3) is 6.24. The molecule has 0 bridgehead atoms. The van der Waals surface area contributed by atoms with Crippen molar-refractivity contribution in [3.63, 3.8) is 0 Å². The predicted molar refractivity (Wildman–Crippen MR) is 128 cm³/mol. The zero-order valence-corrected chi connectivity index (χ0v) is 19.5. The normalized spacial score (nSPS) is 17.5. The molecule has 0 saturated carbocycles. The Balaban J connectivity index is 0.000000384. The lowest BCUT2D eigenvalue weighted by Crippen LogP contribution is -2.50. The Hall–Kier alpha value is -3.37. The number of halogens is 3. The molecule has 192 valence electrons. The Morgan fingerprint density at radius 1 is 0.889 bits per heavy atom. The number of rotatable bonds is 2. The molecule has 10 heteroatoms. The Kier molecular flexibility index (Phi) is 7.95. The predicted octanol–water partition coefficient (Wildman–Crippen LogP) is 4.92. The average molecular weight is 505 g/mol. The number of carboxylic acids is 1. The zero-order valence-electron chi connectivity index (χ0n) is 19.5. The van der Waals surface area contributed by atoms with Crippen molar-refractivity contribution in [3.05, 3.63) is 54.6 Å². The second kappa shape index (κ2) is 11.1. The summed E-state index contributed by atoms with van der Waals surface area (Å²) in [5.74, 6) is -2.15. The van der Waals surface area contributed by atoms with E-state index in [1.54, 1.807) is 0 Å². The number of fused-ring (bicyclic) bond motifs is 3. The van der Waals surface area contributed by atoms with E-state index < -0.39 is 12.1 Å². The molecular formula is C26H27F3N2O5. The number of carbonyl (C=O) groups is 2. The van der Waals surface area contributed by atoms with Crippen LogP contribution >= 0.6 is 0 Å². The van der Waals surface area contributed by atoms with Crippen LogP contribution in [0.5, 0.6) is 5.75 Å². The number of amides is 1. The van der Waals surface area contributed by atoms with Gasteiger partial charge in [-0.25, -0.2) is 9.59 Å². The lowest BCUT2D eigenvalue weighted by atomic mass is 10.0. The smallest absolute Gasteiger partial charge is 0.475 e. The van der Waals surface area contributed by atoms with Crippen LogP contribution in [0.15, 0.2) is 54.6 Å². The number of likely N-dealkylation sites (tertiary alicyclic amines) is 1. The number of aliphatic carboxylic acids is 1. The van der Waals surface area contributed by atoms with Crippen LogP contribution < -0.4 is 4.74 Å². The fraction of sp³-hybridized carbons (Fsp3) is 0.385. The van der Waals surface area contributed by atoms with Crippen molar-refractivity contribution in [1.29, 1.82) is 0 Å². The van der Waals surface area contributed by atoms with Gasteiger partial charge in [-0.1, -0.05) is 42.5 Å². The third-order valence-electron chi connectivity index (χ3n) is 6.45. The summed E-state index contributed by atoms with van der Waals surface area (Å²) in [6.45, 7) is 5.13. The van der Waals surface area contributed by atoms with Crippen LogP contribution in [0.4, 0.5) is 18.0 Å². The molecule has 2 heterocycles. The first-order valence-electron chi connectivity index (χ1n) is 11.7. The van der Waals surface area contributed by atoms with E-state index >= 15 is 0 Å². The molecule has 2 saturated heterocycles. The first-order chi connectivity index (χ1) is 17.2. The highest BCUT2D eigenvalue weighted by Gasteiger charge is 2.38. The molecular weight excluding hydrogens is 477 g/mol. The number of hydrogen-bond donors (Lipinski definition) is 1. The number of benzene rings is 3. The summed E-state index contributed by atoms with van der Waals surface area (Å²) >= 11 is 0. The summed E-state index contributed by atoms with van der Waals surface area (Å²) in [6.07, 6.45) is -3.33. The number of morpholine rings is 1. The van der Waals surface area contributed by atoms with Gasteiger partial charge in [0.2, 0.25) is 0 Å². The van der Waals surface area contributed by atoms with Gasteiger partial charge < -0.3 is 19.5 Å². The number of piperidine rings is 1. The van der Waals surface area contributed by atoms with Crippen molar-refractivity contribution in [3.8, 4) is 5.75 Å². The Bertz CT molecular complexity index is 1220. The summed E-state index contributed by atoms with van der Waals surface area (Å²) in [5, 5.41) is 11.7. The van der Waals surface area contributed by atoms with Gasteiger partial charge in [0.1, 0.15) is 5.75 Å². The minimum absolute atomic E-state index is 0.245. The quantitative estimate of drug-likeness (QED) is 0.499. The molecule has 5 rings (SSSR count). The molecule has 1 N–H and O–H groups in total. The van der Waals surface area contributed by atoms with E-state index in [-0.39, 0.29) is 6.09 Å². The molecule has 0 aliphatic carbocycles. The largest absolute Gasteiger partial charge is 0.490 e. The zero-order chi connectivity index (χ0) is 25.7. The van der Waals surface area contributed by atoms with Gasteiger partial charge in [0.05, 0.1) is 13.2 Å². The van der Waals surface area contributed by atoms with Crippen molar-refractivity contribution >= 4 is 33.6 Å². The van der Waals surface area contributed by atoms with Crippen molar-refractivity contribution in [2.45, 2.75) is 25.1 Å². The second-order valence-corrected chi connectivity index (χ2v) is 8.71. The van der Waals surface area contributed by atoms with Crippen LogP contribution in [-0.4, -0.2) is 78.6 Å². The second-order valence-electron chi connectivity index (χ2n) is 8.71. The minimum Gasteiger partial charge on any atom is -0.475 e. The molecule has 36 heavy (non-hydrogen) atoms. The van der Waals surface area contributed by atoms with Gasteiger partial charge in [-0.3, -0.25) is 4.90 Å². The highest BCUT2D eigenvalue weighted by molar-refractivity contribution is 6.07. The molecule has 3 aromatic carbocycles. The SMILES string of the molecule is O=C(O)C(F)(F)F.O=C(Oc1ccc2ccc3ccccc3c2c1)N1CCC(N2CCOCC2)CC1. The summed E-state index contributed by atoms with van der Waals surface area (Å²) in [4.78, 5) is 26.0. The molecule has 7 nitrogen and oxygen atoms in total. The number of carbonyl (C=O) groups excluding carboxylic acids is 1. The van der Waals surface area contributed by atoms with Gasteiger partial charge in [0.25, 0.3) is 0 Å². The van der Waals surface area contributed by atoms with Crippen LogP contribution in [-0.2, 0) is 9.53 Å². The Morgan fingerprint density at radius 2 is 1.47 bits per heavy atom. The van der Waals surface area contributed by atoms with Crippen molar-refractivity contribution in [2.75, 3.05) is 39.4 Å². The molecule has 0 aromatic heterocycles. The van der Waals surface area contributed by atoms with Crippen LogP contribution in [0.3, 0.4) is 0 Å². The first kappa shape index (κ1) is 25.7. The van der Waals surface area contributed by atoms with Crippen LogP contribution in [0.2, 0.25) is 0 Å². The van der Waals surface area contributed by atoms with E-state index in [4.69, 9.17) is 19.4 Å². The molecule has 2 aliphatic heterocycles. The van der Waals surface area contributed by atoms with Crippen molar-refractivity contribution in [2.24, 2.45) is 0 Å².